The molecule has 1 N–H and O–H groups in total. The van der Waals surface area contributed by atoms with Crippen molar-refractivity contribution in [3.63, 3.8) is 0 Å². The summed E-state index contributed by atoms with van der Waals surface area (Å²) in [5.41, 5.74) is 0. The summed E-state index contributed by atoms with van der Waals surface area (Å²) in [6.07, 6.45) is 5.25. The average Bonchev–Trinajstić information content (AvgIpc) is 2.59. The van der Waals surface area contributed by atoms with Gasteiger partial charge < -0.3 is 5.32 Å². The van der Waals surface area contributed by atoms with Crippen molar-refractivity contribution in [2.75, 3.05) is 7.05 Å². The molecule has 0 aromatic heterocycles. The van der Waals surface area contributed by atoms with Gasteiger partial charge in [-0.3, -0.25) is 14.6 Å². The first kappa shape index (κ1) is 11.6. The quantitative estimate of drug-likeness (QED) is 0.653. The molecule has 0 aromatic carbocycles. The van der Waals surface area contributed by atoms with Crippen LogP contribution in [0, 0.1) is 0 Å². The summed E-state index contributed by atoms with van der Waals surface area (Å²) in [5.74, 6) is -0.0849. The summed E-state index contributed by atoms with van der Waals surface area (Å²) in [6.45, 7) is 0. The van der Waals surface area contributed by atoms with Crippen molar-refractivity contribution in [2.24, 2.45) is 4.99 Å². The third-order valence-corrected chi connectivity index (χ3v) is 4.64. The van der Waals surface area contributed by atoms with Gasteiger partial charge in [-0.2, -0.15) is 0 Å². The second kappa shape index (κ2) is 4.57. The van der Waals surface area contributed by atoms with Gasteiger partial charge in [-0.25, -0.2) is 0 Å². The topological polar surface area (TPSA) is 58.5 Å². The van der Waals surface area contributed by atoms with Gasteiger partial charge in [0.05, 0.1) is 0 Å². The number of amidine groups is 1. The molecule has 1 saturated carbocycles. The molecule has 2 rings (SSSR count). The van der Waals surface area contributed by atoms with E-state index in [0.717, 1.165) is 25.7 Å². The highest BCUT2D eigenvalue weighted by Crippen LogP contribution is 2.40. The Bertz CT molecular complexity index is 354. The molecule has 1 heterocycles. The number of thioether (sulfide) groups is 1. The molecule has 1 aliphatic heterocycles. The fraction of sp³-hybridized carbons (Fsp3) is 0.727. The molecule has 0 bridgehead atoms. The minimum absolute atomic E-state index is 0.0772. The van der Waals surface area contributed by atoms with Gasteiger partial charge in [-0.15, -0.1) is 0 Å². The highest BCUT2D eigenvalue weighted by atomic mass is 32.2. The minimum Gasteiger partial charge on any atom is -0.304 e. The van der Waals surface area contributed by atoms with Crippen molar-refractivity contribution in [3.8, 4) is 0 Å². The smallest absolute Gasteiger partial charge is 0.250 e. The van der Waals surface area contributed by atoms with E-state index in [-0.39, 0.29) is 11.7 Å². The molecule has 0 radical (unpaired) electrons. The third-order valence-electron chi connectivity index (χ3n) is 3.19. The van der Waals surface area contributed by atoms with E-state index >= 15 is 0 Å². The molecule has 1 atom stereocenters. The molecule has 2 fully saturated rings. The number of nitrogens with one attached hydrogen (secondary N) is 1. The monoisotopic (exact) mass is 240 g/mol. The van der Waals surface area contributed by atoms with Gasteiger partial charge in [0.2, 0.25) is 5.91 Å². The van der Waals surface area contributed by atoms with Gasteiger partial charge in [0.15, 0.2) is 15.7 Å². The van der Waals surface area contributed by atoms with E-state index in [4.69, 9.17) is 0 Å². The Morgan fingerprint density at radius 2 is 2.00 bits per heavy atom. The van der Waals surface area contributed by atoms with Crippen molar-refractivity contribution in [3.05, 3.63) is 0 Å². The number of nitrogens with zero attached hydrogens (tertiary/aromatic N) is 1. The summed E-state index contributed by atoms with van der Waals surface area (Å²) >= 11 is 1.31. The number of ketones is 1. The Labute approximate surface area is 99.3 Å². The van der Waals surface area contributed by atoms with Crippen molar-refractivity contribution >= 4 is 28.6 Å². The molecule has 1 aliphatic carbocycles. The summed E-state index contributed by atoms with van der Waals surface area (Å²) in [6, 6.07) is 0. The van der Waals surface area contributed by atoms with Gasteiger partial charge in [0, 0.05) is 13.5 Å². The molecule has 88 valence electrons. The first-order valence-electron chi connectivity index (χ1n) is 5.69. The van der Waals surface area contributed by atoms with Crippen LogP contribution in [-0.4, -0.2) is 28.7 Å². The van der Waals surface area contributed by atoms with E-state index in [9.17, 15) is 9.59 Å². The normalized spacial score (nSPS) is 33.9. The molecule has 2 aliphatic rings. The lowest BCUT2D eigenvalue weighted by atomic mass is 9.88. The van der Waals surface area contributed by atoms with Gasteiger partial charge in [0.25, 0.3) is 0 Å². The summed E-state index contributed by atoms with van der Waals surface area (Å²) < 4.78 is -0.866. The lowest BCUT2D eigenvalue weighted by Gasteiger charge is -2.24. The van der Waals surface area contributed by atoms with Crippen molar-refractivity contribution in [2.45, 2.75) is 43.3 Å². The van der Waals surface area contributed by atoms with E-state index in [1.165, 1.54) is 11.8 Å². The molecule has 1 amide bonds. The second-order valence-electron chi connectivity index (χ2n) is 4.25. The van der Waals surface area contributed by atoms with Crippen LogP contribution in [0.25, 0.3) is 0 Å². The van der Waals surface area contributed by atoms with Crippen LogP contribution in [0.3, 0.4) is 0 Å². The van der Waals surface area contributed by atoms with Crippen LogP contribution in [0.4, 0.5) is 0 Å². The second-order valence-corrected chi connectivity index (χ2v) is 5.54. The molecule has 16 heavy (non-hydrogen) atoms. The maximum Gasteiger partial charge on any atom is 0.250 e. The number of hydrogen-bond acceptors (Lipinski definition) is 4. The molecule has 0 aromatic rings. The fourth-order valence-corrected chi connectivity index (χ4v) is 3.41. The van der Waals surface area contributed by atoms with Crippen molar-refractivity contribution in [1.29, 1.82) is 0 Å². The SMILES string of the molecule is CN=C1NC(=O)C2(CCCCCCC2=O)S1. The Morgan fingerprint density at radius 1 is 1.25 bits per heavy atom. The van der Waals surface area contributed by atoms with Crippen LogP contribution in [-0.2, 0) is 9.59 Å². The Kier molecular flexibility index (Phi) is 3.33. The van der Waals surface area contributed by atoms with Gasteiger partial charge >= 0.3 is 0 Å². The zero-order chi connectivity index (χ0) is 11.6. The molecule has 1 saturated heterocycles. The van der Waals surface area contributed by atoms with Crippen LogP contribution >= 0.6 is 11.8 Å². The Hall–Kier alpha value is -0.840. The largest absolute Gasteiger partial charge is 0.304 e. The number of hydrogen-bond donors (Lipinski definition) is 1. The van der Waals surface area contributed by atoms with Crippen molar-refractivity contribution < 1.29 is 9.59 Å². The summed E-state index contributed by atoms with van der Waals surface area (Å²) in [5, 5.41) is 3.28. The highest BCUT2D eigenvalue weighted by Gasteiger charge is 2.51. The first-order valence-corrected chi connectivity index (χ1v) is 6.51. The summed E-state index contributed by atoms with van der Waals surface area (Å²) in [4.78, 5) is 28.1. The Morgan fingerprint density at radius 3 is 2.69 bits per heavy atom. The molecular formula is C11H16N2O2S. The van der Waals surface area contributed by atoms with Gasteiger partial charge in [-0.1, -0.05) is 31.0 Å². The van der Waals surface area contributed by atoms with E-state index in [2.05, 4.69) is 10.3 Å². The lowest BCUT2D eigenvalue weighted by Crippen LogP contribution is -2.44. The number of carbonyl (C=O) groups excluding carboxylic acids is 2. The number of carbonyl (C=O) groups is 2. The minimum atomic E-state index is -0.866. The van der Waals surface area contributed by atoms with Crippen molar-refractivity contribution in [1.82, 2.24) is 5.32 Å². The van der Waals surface area contributed by atoms with Gasteiger partial charge in [0.1, 0.15) is 0 Å². The van der Waals surface area contributed by atoms with E-state index in [1.807, 2.05) is 0 Å². The number of aliphatic imine (C=N–C) groups is 1. The maximum atomic E-state index is 12.1. The highest BCUT2D eigenvalue weighted by molar-refractivity contribution is 8.17. The maximum absolute atomic E-state index is 12.1. The first-order chi connectivity index (χ1) is 7.69. The molecular weight excluding hydrogens is 224 g/mol. The molecule has 1 spiro atoms. The molecule has 4 nitrogen and oxygen atoms in total. The standard InChI is InChI=1S/C11H16N2O2S/c1-12-10-13-9(15)11(16-10)7-5-3-2-4-6-8(11)14/h2-7H2,1H3,(H,12,13,15). The lowest BCUT2D eigenvalue weighted by molar-refractivity contribution is -0.131. The number of amides is 1. The molecule has 1 unspecified atom stereocenters. The van der Waals surface area contributed by atoms with Crippen LogP contribution in [0.1, 0.15) is 38.5 Å². The van der Waals surface area contributed by atoms with E-state index in [0.29, 0.717) is 18.0 Å². The zero-order valence-electron chi connectivity index (χ0n) is 9.41. The summed E-state index contributed by atoms with van der Waals surface area (Å²) in [7, 11) is 1.63. The Balaban J connectivity index is 2.26. The molecule has 5 heteroatoms. The number of Topliss-reactive ketones (excluding diaryl/α,β-unsaturated/α-hetero) is 1. The van der Waals surface area contributed by atoms with Crippen LogP contribution in [0.2, 0.25) is 0 Å². The predicted octanol–water partition coefficient (Wildman–Crippen LogP) is 1.50. The third kappa shape index (κ3) is 1.88. The van der Waals surface area contributed by atoms with E-state index in [1.54, 1.807) is 7.05 Å². The van der Waals surface area contributed by atoms with Crippen LogP contribution in [0.5, 0.6) is 0 Å². The average molecular weight is 240 g/mol. The fourth-order valence-electron chi connectivity index (χ4n) is 2.24. The van der Waals surface area contributed by atoms with Crippen LogP contribution < -0.4 is 5.32 Å². The predicted molar refractivity (Wildman–Crippen MR) is 64.5 cm³/mol. The number of rotatable bonds is 0. The van der Waals surface area contributed by atoms with Gasteiger partial charge in [-0.05, 0) is 12.8 Å². The van der Waals surface area contributed by atoms with E-state index < -0.39 is 4.75 Å². The van der Waals surface area contributed by atoms with Crippen LogP contribution in [0.15, 0.2) is 4.99 Å². The zero-order valence-corrected chi connectivity index (χ0v) is 10.2.